The molecule has 0 saturated carbocycles. The van der Waals surface area contributed by atoms with Crippen molar-refractivity contribution in [3.63, 3.8) is 0 Å². The molecule has 0 bridgehead atoms. The molecular weight excluding hydrogens is 368 g/mol. The van der Waals surface area contributed by atoms with Crippen LogP contribution in [0.3, 0.4) is 0 Å². The zero-order valence-corrected chi connectivity index (χ0v) is 16.8. The summed E-state index contributed by atoms with van der Waals surface area (Å²) in [6, 6.07) is 9.57. The van der Waals surface area contributed by atoms with E-state index in [0.29, 0.717) is 5.69 Å². The van der Waals surface area contributed by atoms with Crippen molar-refractivity contribution in [2.75, 3.05) is 33.2 Å². The number of rotatable bonds is 4. The van der Waals surface area contributed by atoms with E-state index in [1.165, 1.54) is 0 Å². The zero-order valence-electron chi connectivity index (χ0n) is 16.8. The smallest absolute Gasteiger partial charge is 0.273 e. The number of hydrogen-bond acceptors (Lipinski definition) is 5. The second-order valence-electron chi connectivity index (χ2n) is 8.08. The number of nitrogens with zero attached hydrogens (tertiary/aromatic N) is 5. The van der Waals surface area contributed by atoms with E-state index in [-0.39, 0.29) is 23.8 Å². The summed E-state index contributed by atoms with van der Waals surface area (Å²) >= 11 is 0. The Balaban J connectivity index is 1.36. The van der Waals surface area contributed by atoms with Crippen LogP contribution in [0.4, 0.5) is 0 Å². The van der Waals surface area contributed by atoms with Gasteiger partial charge in [0.2, 0.25) is 5.91 Å². The Morgan fingerprint density at radius 3 is 2.59 bits per heavy atom. The predicted molar refractivity (Wildman–Crippen MR) is 109 cm³/mol. The van der Waals surface area contributed by atoms with Gasteiger partial charge in [-0.1, -0.05) is 23.4 Å². The molecule has 154 valence electrons. The molecule has 0 spiro atoms. The molecule has 2 aliphatic heterocycles. The van der Waals surface area contributed by atoms with E-state index < -0.39 is 0 Å². The van der Waals surface area contributed by atoms with E-state index in [2.05, 4.69) is 20.5 Å². The van der Waals surface area contributed by atoms with Crippen LogP contribution in [0.2, 0.25) is 0 Å². The molecule has 3 heterocycles. The molecule has 2 aromatic rings. The molecule has 1 N–H and O–H groups in total. The average Bonchev–Trinajstić information content (AvgIpc) is 3.40. The van der Waals surface area contributed by atoms with Crippen LogP contribution in [0, 0.1) is 5.92 Å². The van der Waals surface area contributed by atoms with Gasteiger partial charge >= 0.3 is 0 Å². The lowest BCUT2D eigenvalue weighted by atomic mass is 10.0. The Morgan fingerprint density at radius 1 is 1.07 bits per heavy atom. The highest BCUT2D eigenvalue weighted by Gasteiger charge is 2.31. The average molecular weight is 396 g/mol. The largest absolute Gasteiger partial charge is 0.347 e. The lowest BCUT2D eigenvalue weighted by Crippen LogP contribution is -2.42. The molecule has 8 nitrogen and oxygen atoms in total. The fourth-order valence-corrected chi connectivity index (χ4v) is 4.26. The highest BCUT2D eigenvalue weighted by Crippen LogP contribution is 2.21. The molecular formula is C21H28N6O2. The second kappa shape index (κ2) is 8.73. The van der Waals surface area contributed by atoms with Gasteiger partial charge in [0.25, 0.3) is 5.91 Å². The van der Waals surface area contributed by atoms with Gasteiger partial charge in [0.1, 0.15) is 0 Å². The van der Waals surface area contributed by atoms with Crippen LogP contribution >= 0.6 is 0 Å². The van der Waals surface area contributed by atoms with Gasteiger partial charge in [-0.3, -0.25) is 9.59 Å². The van der Waals surface area contributed by atoms with Crippen molar-refractivity contribution in [1.29, 1.82) is 0 Å². The van der Waals surface area contributed by atoms with Crippen LogP contribution in [0.15, 0.2) is 36.5 Å². The Bertz CT molecular complexity index is 846. The third-order valence-corrected chi connectivity index (χ3v) is 5.78. The molecule has 2 fully saturated rings. The van der Waals surface area contributed by atoms with Gasteiger partial charge in [-0.25, -0.2) is 4.68 Å². The minimum atomic E-state index is -0.227. The van der Waals surface area contributed by atoms with Gasteiger partial charge in [-0.05, 0) is 44.9 Å². The van der Waals surface area contributed by atoms with Gasteiger partial charge in [-0.15, -0.1) is 5.10 Å². The van der Waals surface area contributed by atoms with Crippen LogP contribution in [0.1, 0.15) is 36.2 Å². The maximum atomic E-state index is 12.8. The molecule has 4 rings (SSSR count). The minimum absolute atomic E-state index is 0.00856. The standard InChI is InChI=1S/C21H28N6O2/c1-25-13-16(21(29)26-11-5-6-12-26)9-10-17(14-25)22-20(28)19-15-27(24-23-19)18-7-3-2-4-8-18/h2-4,7-8,15-17H,5-6,9-14H2,1H3,(H,22,28)/t16-,17+/m1/s1. The van der Waals surface area contributed by atoms with Crippen molar-refractivity contribution in [3.05, 3.63) is 42.2 Å². The Labute approximate surface area is 170 Å². The first-order valence-corrected chi connectivity index (χ1v) is 10.4. The van der Waals surface area contributed by atoms with E-state index in [9.17, 15) is 9.59 Å². The van der Waals surface area contributed by atoms with Gasteiger partial charge in [-0.2, -0.15) is 0 Å². The number of carbonyl (C=O) groups excluding carboxylic acids is 2. The van der Waals surface area contributed by atoms with Crippen molar-refractivity contribution < 1.29 is 9.59 Å². The first-order valence-electron chi connectivity index (χ1n) is 10.4. The molecule has 2 aliphatic rings. The number of para-hydroxylation sites is 1. The monoisotopic (exact) mass is 396 g/mol. The van der Waals surface area contributed by atoms with Crippen molar-refractivity contribution in [2.24, 2.45) is 5.92 Å². The fraction of sp³-hybridized carbons (Fsp3) is 0.524. The fourth-order valence-electron chi connectivity index (χ4n) is 4.26. The number of hydrogen-bond donors (Lipinski definition) is 1. The summed E-state index contributed by atoms with van der Waals surface area (Å²) in [5.41, 5.74) is 1.15. The van der Waals surface area contributed by atoms with Crippen LogP contribution in [0.25, 0.3) is 5.69 Å². The number of benzene rings is 1. The van der Waals surface area contributed by atoms with E-state index in [1.54, 1.807) is 10.9 Å². The molecule has 2 amide bonds. The first-order chi connectivity index (χ1) is 14.1. The highest BCUT2D eigenvalue weighted by molar-refractivity contribution is 5.92. The maximum absolute atomic E-state index is 12.8. The second-order valence-corrected chi connectivity index (χ2v) is 8.08. The van der Waals surface area contributed by atoms with Gasteiger partial charge in [0.15, 0.2) is 5.69 Å². The normalized spacial score (nSPS) is 23.0. The lowest BCUT2D eigenvalue weighted by Gasteiger charge is -2.24. The summed E-state index contributed by atoms with van der Waals surface area (Å²) < 4.78 is 1.60. The summed E-state index contributed by atoms with van der Waals surface area (Å²) in [5.74, 6) is 0.0565. The van der Waals surface area contributed by atoms with Crippen molar-refractivity contribution in [2.45, 2.75) is 31.7 Å². The third-order valence-electron chi connectivity index (χ3n) is 5.78. The summed E-state index contributed by atoms with van der Waals surface area (Å²) in [4.78, 5) is 29.6. The van der Waals surface area contributed by atoms with Crippen LogP contribution in [-0.4, -0.2) is 75.9 Å². The molecule has 1 aromatic heterocycles. The molecule has 0 radical (unpaired) electrons. The van der Waals surface area contributed by atoms with Crippen LogP contribution in [-0.2, 0) is 4.79 Å². The minimum Gasteiger partial charge on any atom is -0.347 e. The van der Waals surface area contributed by atoms with Crippen molar-refractivity contribution in [1.82, 2.24) is 30.1 Å². The molecule has 8 heteroatoms. The molecule has 1 aromatic carbocycles. The SMILES string of the molecule is CN1C[C@@H](NC(=O)c2cn(-c3ccccc3)nn2)CC[C@@H](C(=O)N2CCCC2)C1. The summed E-state index contributed by atoms with van der Waals surface area (Å²) in [7, 11) is 2.01. The number of nitrogens with one attached hydrogen (secondary N) is 1. The predicted octanol–water partition coefficient (Wildman–Crippen LogP) is 1.33. The molecule has 0 unspecified atom stereocenters. The van der Waals surface area contributed by atoms with Crippen LogP contribution in [0.5, 0.6) is 0 Å². The van der Waals surface area contributed by atoms with E-state index in [1.807, 2.05) is 42.3 Å². The number of amides is 2. The van der Waals surface area contributed by atoms with E-state index in [0.717, 1.165) is 57.5 Å². The van der Waals surface area contributed by atoms with E-state index >= 15 is 0 Å². The van der Waals surface area contributed by atoms with Crippen molar-refractivity contribution >= 4 is 11.8 Å². The first kappa shape index (κ1) is 19.6. The highest BCUT2D eigenvalue weighted by atomic mass is 16.2. The Morgan fingerprint density at radius 2 is 1.83 bits per heavy atom. The van der Waals surface area contributed by atoms with Gasteiger partial charge < -0.3 is 15.1 Å². The van der Waals surface area contributed by atoms with Gasteiger partial charge in [0.05, 0.1) is 17.8 Å². The molecule has 29 heavy (non-hydrogen) atoms. The van der Waals surface area contributed by atoms with Gasteiger partial charge in [0, 0.05) is 32.2 Å². The molecule has 2 saturated heterocycles. The summed E-state index contributed by atoms with van der Waals surface area (Å²) in [6.45, 7) is 3.24. The summed E-state index contributed by atoms with van der Waals surface area (Å²) in [5, 5.41) is 11.2. The Kier molecular flexibility index (Phi) is 5.89. The topological polar surface area (TPSA) is 83.4 Å². The van der Waals surface area contributed by atoms with E-state index in [4.69, 9.17) is 0 Å². The number of likely N-dealkylation sites (tertiary alicyclic amines) is 2. The molecule has 2 atom stereocenters. The number of aromatic nitrogens is 3. The quantitative estimate of drug-likeness (QED) is 0.843. The summed E-state index contributed by atoms with van der Waals surface area (Å²) in [6.07, 6.45) is 5.44. The van der Waals surface area contributed by atoms with Crippen LogP contribution < -0.4 is 5.32 Å². The molecule has 0 aliphatic carbocycles. The van der Waals surface area contributed by atoms with Crippen molar-refractivity contribution in [3.8, 4) is 5.69 Å². The maximum Gasteiger partial charge on any atom is 0.273 e. The number of carbonyl (C=O) groups is 2. The number of likely N-dealkylation sites (N-methyl/N-ethyl adjacent to an activating group) is 1. The zero-order chi connectivity index (χ0) is 20.2. The Hall–Kier alpha value is -2.74. The third kappa shape index (κ3) is 4.64. The lowest BCUT2D eigenvalue weighted by molar-refractivity contribution is -0.135.